The molecular formula is C16H15BrN2O4. The van der Waals surface area contributed by atoms with Crippen molar-refractivity contribution in [3.05, 3.63) is 64.4 Å². The smallest absolute Gasteiger partial charge is 0.408 e. The third-order valence-electron chi connectivity index (χ3n) is 3.00. The summed E-state index contributed by atoms with van der Waals surface area (Å²) in [6.45, 7) is 0.0789. The molecule has 23 heavy (non-hydrogen) atoms. The van der Waals surface area contributed by atoms with E-state index in [0.29, 0.717) is 5.69 Å². The van der Waals surface area contributed by atoms with Gasteiger partial charge in [0.25, 0.3) is 0 Å². The molecule has 0 aliphatic heterocycles. The molecule has 0 bridgehead atoms. The van der Waals surface area contributed by atoms with Crippen LogP contribution in [0.5, 0.6) is 0 Å². The average molecular weight is 379 g/mol. The number of halogens is 1. The number of pyridine rings is 1. The van der Waals surface area contributed by atoms with Crippen molar-refractivity contribution in [2.45, 2.75) is 19.1 Å². The molecule has 1 atom stereocenters. The number of hydrogen-bond acceptors (Lipinski definition) is 4. The molecule has 0 saturated heterocycles. The van der Waals surface area contributed by atoms with E-state index in [1.165, 1.54) is 0 Å². The Labute approximate surface area is 141 Å². The van der Waals surface area contributed by atoms with Crippen LogP contribution in [0.1, 0.15) is 11.3 Å². The first kappa shape index (κ1) is 17.0. The third-order valence-corrected chi connectivity index (χ3v) is 3.47. The number of hydrogen-bond donors (Lipinski definition) is 2. The number of alkyl carbamates (subject to hydrolysis) is 1. The number of nitrogens with one attached hydrogen (secondary N) is 1. The Hall–Kier alpha value is -2.41. The van der Waals surface area contributed by atoms with E-state index in [9.17, 15) is 14.7 Å². The standard InChI is InChI=1S/C16H15BrN2O4/c17-12-6-7-13(18-9-12)8-14(15(20)21)19-16(22)23-10-11-4-2-1-3-5-11/h1-7,9,14H,8,10H2,(H,19,22)(H,20,21)/t14-/m0/s1. The summed E-state index contributed by atoms with van der Waals surface area (Å²) in [4.78, 5) is 27.1. The maximum absolute atomic E-state index is 11.8. The number of nitrogens with zero attached hydrogens (tertiary/aromatic N) is 1. The predicted molar refractivity (Wildman–Crippen MR) is 86.8 cm³/mol. The van der Waals surface area contributed by atoms with E-state index in [4.69, 9.17) is 4.74 Å². The van der Waals surface area contributed by atoms with E-state index >= 15 is 0 Å². The molecule has 7 heteroatoms. The lowest BCUT2D eigenvalue weighted by atomic mass is 10.1. The molecular weight excluding hydrogens is 364 g/mol. The highest BCUT2D eigenvalue weighted by molar-refractivity contribution is 9.10. The van der Waals surface area contributed by atoms with Gasteiger partial charge in [0.2, 0.25) is 0 Å². The zero-order valence-electron chi connectivity index (χ0n) is 12.1. The minimum atomic E-state index is -1.15. The normalized spacial score (nSPS) is 11.5. The van der Waals surface area contributed by atoms with Gasteiger partial charge in [0.05, 0.1) is 0 Å². The van der Waals surface area contributed by atoms with Gasteiger partial charge < -0.3 is 15.2 Å². The van der Waals surface area contributed by atoms with Crippen LogP contribution in [0.4, 0.5) is 4.79 Å². The number of carbonyl (C=O) groups is 2. The van der Waals surface area contributed by atoms with Crippen molar-refractivity contribution >= 4 is 28.0 Å². The summed E-state index contributed by atoms with van der Waals surface area (Å²) in [5.41, 5.74) is 1.38. The van der Waals surface area contributed by atoms with Gasteiger partial charge in [-0.3, -0.25) is 4.98 Å². The van der Waals surface area contributed by atoms with Gasteiger partial charge in [0.1, 0.15) is 12.6 Å². The van der Waals surface area contributed by atoms with Gasteiger partial charge in [0, 0.05) is 22.8 Å². The first-order chi connectivity index (χ1) is 11.0. The second-order valence-corrected chi connectivity index (χ2v) is 5.68. The quantitative estimate of drug-likeness (QED) is 0.806. The number of carboxylic acids is 1. The summed E-state index contributed by atoms with van der Waals surface area (Å²) in [7, 11) is 0. The summed E-state index contributed by atoms with van der Waals surface area (Å²) in [6.07, 6.45) is 0.865. The van der Waals surface area contributed by atoms with Crippen molar-refractivity contribution in [3.63, 3.8) is 0 Å². The number of aromatic nitrogens is 1. The van der Waals surface area contributed by atoms with Crippen LogP contribution in [0.15, 0.2) is 53.1 Å². The molecule has 1 aromatic heterocycles. The van der Waals surface area contributed by atoms with Crippen LogP contribution < -0.4 is 5.32 Å². The highest BCUT2D eigenvalue weighted by Gasteiger charge is 2.21. The van der Waals surface area contributed by atoms with Gasteiger partial charge in [-0.2, -0.15) is 0 Å². The van der Waals surface area contributed by atoms with Gasteiger partial charge in [-0.25, -0.2) is 9.59 Å². The highest BCUT2D eigenvalue weighted by atomic mass is 79.9. The van der Waals surface area contributed by atoms with Crippen molar-refractivity contribution in [1.29, 1.82) is 0 Å². The van der Waals surface area contributed by atoms with Crippen LogP contribution in [0.3, 0.4) is 0 Å². The van der Waals surface area contributed by atoms with E-state index in [2.05, 4.69) is 26.2 Å². The fraction of sp³-hybridized carbons (Fsp3) is 0.188. The maximum Gasteiger partial charge on any atom is 0.408 e. The summed E-state index contributed by atoms with van der Waals surface area (Å²) in [5.74, 6) is -1.15. The average Bonchev–Trinajstić information content (AvgIpc) is 2.55. The lowest BCUT2D eigenvalue weighted by Gasteiger charge is -2.14. The molecule has 2 aromatic rings. The fourth-order valence-corrected chi connectivity index (χ4v) is 2.08. The number of carbonyl (C=O) groups excluding carboxylic acids is 1. The second kappa shape index (κ2) is 8.28. The number of aliphatic carboxylic acids is 1. The van der Waals surface area contributed by atoms with E-state index in [1.807, 2.05) is 30.3 Å². The monoisotopic (exact) mass is 378 g/mol. The van der Waals surface area contributed by atoms with Gasteiger partial charge >= 0.3 is 12.1 Å². The molecule has 0 radical (unpaired) electrons. The molecule has 6 nitrogen and oxygen atoms in total. The van der Waals surface area contributed by atoms with Crippen LogP contribution in [0.25, 0.3) is 0 Å². The molecule has 0 spiro atoms. The first-order valence-electron chi connectivity index (χ1n) is 6.85. The molecule has 120 valence electrons. The second-order valence-electron chi connectivity index (χ2n) is 4.77. The minimum Gasteiger partial charge on any atom is -0.480 e. The van der Waals surface area contributed by atoms with Crippen LogP contribution in [0, 0.1) is 0 Å². The van der Waals surface area contributed by atoms with Gasteiger partial charge in [-0.15, -0.1) is 0 Å². The molecule has 1 amide bonds. The SMILES string of the molecule is O=C(N[C@@H](Cc1ccc(Br)cn1)C(=O)O)OCc1ccccc1. The van der Waals surface area contributed by atoms with Crippen LogP contribution >= 0.6 is 15.9 Å². The van der Waals surface area contributed by atoms with Gasteiger partial charge in [-0.1, -0.05) is 30.3 Å². The van der Waals surface area contributed by atoms with Crippen molar-refractivity contribution in [3.8, 4) is 0 Å². The minimum absolute atomic E-state index is 0.0725. The Morgan fingerprint density at radius 3 is 2.57 bits per heavy atom. The van der Waals surface area contributed by atoms with Crippen molar-refractivity contribution in [2.24, 2.45) is 0 Å². The largest absolute Gasteiger partial charge is 0.480 e. The van der Waals surface area contributed by atoms with E-state index in [0.717, 1.165) is 10.0 Å². The number of rotatable bonds is 6. The Morgan fingerprint density at radius 2 is 1.96 bits per heavy atom. The van der Waals surface area contributed by atoms with E-state index in [-0.39, 0.29) is 13.0 Å². The van der Waals surface area contributed by atoms with Crippen molar-refractivity contribution in [2.75, 3.05) is 0 Å². The number of amides is 1. The molecule has 0 saturated carbocycles. The summed E-state index contributed by atoms with van der Waals surface area (Å²) < 4.78 is 5.82. The number of carboxylic acid groups (broad SMARTS) is 1. The van der Waals surface area contributed by atoms with Crippen molar-refractivity contribution < 1.29 is 19.4 Å². The van der Waals surface area contributed by atoms with E-state index < -0.39 is 18.1 Å². The maximum atomic E-state index is 11.8. The molecule has 0 aliphatic carbocycles. The lowest BCUT2D eigenvalue weighted by molar-refractivity contribution is -0.139. The molecule has 0 fully saturated rings. The summed E-state index contributed by atoms with van der Waals surface area (Å²) in [6, 6.07) is 11.5. The zero-order chi connectivity index (χ0) is 16.7. The summed E-state index contributed by atoms with van der Waals surface area (Å²) in [5, 5.41) is 11.6. The zero-order valence-corrected chi connectivity index (χ0v) is 13.7. The molecule has 2 N–H and O–H groups in total. The molecule has 2 rings (SSSR count). The predicted octanol–water partition coefficient (Wildman–Crippen LogP) is 2.77. The Balaban J connectivity index is 1.89. The third kappa shape index (κ3) is 5.71. The molecule has 0 aliphatic rings. The molecule has 1 aromatic carbocycles. The van der Waals surface area contributed by atoms with Crippen LogP contribution in [-0.2, 0) is 22.6 Å². The van der Waals surface area contributed by atoms with Crippen molar-refractivity contribution in [1.82, 2.24) is 10.3 Å². The molecule has 0 unspecified atom stereocenters. The molecule has 1 heterocycles. The van der Waals surface area contributed by atoms with Crippen LogP contribution in [-0.4, -0.2) is 28.2 Å². The fourth-order valence-electron chi connectivity index (χ4n) is 1.84. The van der Waals surface area contributed by atoms with Crippen LogP contribution in [0.2, 0.25) is 0 Å². The Bertz CT molecular complexity index is 662. The van der Waals surface area contributed by atoms with E-state index in [1.54, 1.807) is 18.3 Å². The van der Waals surface area contributed by atoms with Gasteiger partial charge in [-0.05, 0) is 33.6 Å². The van der Waals surface area contributed by atoms with Gasteiger partial charge in [0.15, 0.2) is 0 Å². The number of ether oxygens (including phenoxy) is 1. The lowest BCUT2D eigenvalue weighted by Crippen LogP contribution is -2.42. The number of benzene rings is 1. The topological polar surface area (TPSA) is 88.5 Å². The Kier molecular flexibility index (Phi) is 6.10. The first-order valence-corrected chi connectivity index (χ1v) is 7.64. The Morgan fingerprint density at radius 1 is 1.22 bits per heavy atom. The summed E-state index contributed by atoms with van der Waals surface area (Å²) >= 11 is 3.26. The highest BCUT2D eigenvalue weighted by Crippen LogP contribution is 2.09.